The van der Waals surface area contributed by atoms with Crippen LogP contribution in [-0.2, 0) is 17.9 Å². The minimum atomic E-state index is -0.342. The van der Waals surface area contributed by atoms with E-state index in [1.54, 1.807) is 40.5 Å². The molecule has 1 aromatic heterocycles. The van der Waals surface area contributed by atoms with Gasteiger partial charge in [0.2, 0.25) is 5.91 Å². The second-order valence-electron chi connectivity index (χ2n) is 8.07. The summed E-state index contributed by atoms with van der Waals surface area (Å²) in [6.07, 6.45) is 0. The maximum Gasteiger partial charge on any atom is 0.322 e. The summed E-state index contributed by atoms with van der Waals surface area (Å²) in [6, 6.07) is 14.9. The number of carbonyl (C=O) groups excluding carboxylic acids is 2. The van der Waals surface area contributed by atoms with E-state index in [0.29, 0.717) is 18.8 Å². The maximum atomic E-state index is 13.4. The summed E-state index contributed by atoms with van der Waals surface area (Å²) in [7, 11) is 0. The van der Waals surface area contributed by atoms with Gasteiger partial charge < -0.3 is 15.1 Å². The summed E-state index contributed by atoms with van der Waals surface area (Å²) in [5.74, 6) is -0.494. The lowest BCUT2D eigenvalue weighted by atomic mass is 10.2. The number of halogens is 2. The number of rotatable bonds is 8. The van der Waals surface area contributed by atoms with E-state index in [4.69, 9.17) is 0 Å². The van der Waals surface area contributed by atoms with Gasteiger partial charge >= 0.3 is 6.03 Å². The van der Waals surface area contributed by atoms with Crippen molar-refractivity contribution in [3.63, 3.8) is 0 Å². The molecular weight excluding hydrogens is 505 g/mol. The molecule has 5 nitrogen and oxygen atoms in total. The number of carbonyl (C=O) groups is 2. The van der Waals surface area contributed by atoms with Crippen LogP contribution in [0.2, 0.25) is 0 Å². The van der Waals surface area contributed by atoms with Crippen molar-refractivity contribution in [3.8, 4) is 0 Å². The van der Waals surface area contributed by atoms with Crippen LogP contribution in [0.15, 0.2) is 64.5 Å². The van der Waals surface area contributed by atoms with Gasteiger partial charge in [0, 0.05) is 27.6 Å². The third-order valence-corrected chi connectivity index (χ3v) is 6.71. The predicted molar refractivity (Wildman–Crippen MR) is 135 cm³/mol. The number of urea groups is 1. The SMILES string of the molecule is Cc1ccsc1CN(Cc1ccc(F)cc1)C(=O)CN(C(=O)Nc1cccc(Br)c1)C(C)C. The van der Waals surface area contributed by atoms with Gasteiger partial charge in [0.15, 0.2) is 0 Å². The molecule has 2 aromatic carbocycles. The van der Waals surface area contributed by atoms with Crippen LogP contribution in [0.1, 0.15) is 29.9 Å². The highest BCUT2D eigenvalue weighted by Gasteiger charge is 2.24. The minimum Gasteiger partial charge on any atom is -0.332 e. The molecule has 0 unspecified atom stereocenters. The van der Waals surface area contributed by atoms with Gasteiger partial charge in [-0.15, -0.1) is 11.3 Å². The third kappa shape index (κ3) is 7.14. The van der Waals surface area contributed by atoms with Crippen molar-refractivity contribution < 1.29 is 14.0 Å². The molecule has 0 aliphatic carbocycles. The number of thiophene rings is 1. The standard InChI is InChI=1S/C25H27BrFN3O2S/c1-17(2)30(25(32)28-22-6-4-5-20(26)13-22)16-24(31)29(15-23-18(3)11-12-33-23)14-19-7-9-21(27)10-8-19/h4-13,17H,14-16H2,1-3H3,(H,28,32). The van der Waals surface area contributed by atoms with Gasteiger partial charge in [0.05, 0.1) is 6.54 Å². The predicted octanol–water partition coefficient (Wildman–Crippen LogP) is 6.43. The van der Waals surface area contributed by atoms with E-state index in [2.05, 4.69) is 21.2 Å². The Morgan fingerprint density at radius 1 is 1.09 bits per heavy atom. The molecule has 8 heteroatoms. The molecule has 0 saturated heterocycles. The van der Waals surface area contributed by atoms with Crippen molar-refractivity contribution in [1.29, 1.82) is 0 Å². The van der Waals surface area contributed by atoms with Crippen LogP contribution in [0.25, 0.3) is 0 Å². The molecule has 0 bridgehead atoms. The van der Waals surface area contributed by atoms with Crippen molar-refractivity contribution >= 4 is 44.9 Å². The van der Waals surface area contributed by atoms with E-state index >= 15 is 0 Å². The van der Waals surface area contributed by atoms with Crippen LogP contribution in [0, 0.1) is 12.7 Å². The Balaban J connectivity index is 1.77. The summed E-state index contributed by atoms with van der Waals surface area (Å²) in [5, 5.41) is 4.86. The number of nitrogens with zero attached hydrogens (tertiary/aromatic N) is 2. The molecule has 0 aliphatic rings. The van der Waals surface area contributed by atoms with Crippen molar-refractivity contribution in [2.45, 2.75) is 39.9 Å². The van der Waals surface area contributed by atoms with Crippen LogP contribution in [0.3, 0.4) is 0 Å². The highest BCUT2D eigenvalue weighted by atomic mass is 79.9. The van der Waals surface area contributed by atoms with Gasteiger partial charge in [-0.2, -0.15) is 0 Å². The zero-order valence-corrected chi connectivity index (χ0v) is 21.2. The topological polar surface area (TPSA) is 52.7 Å². The van der Waals surface area contributed by atoms with Crippen molar-refractivity contribution in [3.05, 3.63) is 86.3 Å². The molecule has 1 N–H and O–H groups in total. The Kier molecular flexibility index (Phi) is 8.63. The normalized spacial score (nSPS) is 10.8. The van der Waals surface area contributed by atoms with Crippen LogP contribution in [-0.4, -0.2) is 34.3 Å². The summed E-state index contributed by atoms with van der Waals surface area (Å²) in [4.78, 5) is 30.7. The number of anilines is 1. The zero-order valence-electron chi connectivity index (χ0n) is 18.8. The van der Waals surface area contributed by atoms with Crippen molar-refractivity contribution in [2.24, 2.45) is 0 Å². The summed E-state index contributed by atoms with van der Waals surface area (Å²) < 4.78 is 14.2. The third-order valence-electron chi connectivity index (χ3n) is 5.21. The van der Waals surface area contributed by atoms with Gasteiger partial charge in [-0.25, -0.2) is 9.18 Å². The molecule has 0 aliphatic heterocycles. The lowest BCUT2D eigenvalue weighted by molar-refractivity contribution is -0.133. The number of aryl methyl sites for hydroxylation is 1. The molecular formula is C25H27BrFN3O2S. The highest BCUT2D eigenvalue weighted by molar-refractivity contribution is 9.10. The molecule has 0 atom stereocenters. The fraction of sp³-hybridized carbons (Fsp3) is 0.280. The first-order valence-corrected chi connectivity index (χ1v) is 12.3. The van der Waals surface area contributed by atoms with Gasteiger partial charge in [-0.05, 0) is 73.7 Å². The molecule has 3 rings (SSSR count). The van der Waals surface area contributed by atoms with Gasteiger partial charge in [-0.1, -0.05) is 34.1 Å². The molecule has 0 spiro atoms. The first kappa shape index (κ1) is 24.9. The number of benzene rings is 2. The number of nitrogens with one attached hydrogen (secondary N) is 1. The lowest BCUT2D eigenvalue weighted by Gasteiger charge is -2.30. The molecule has 3 amide bonds. The second kappa shape index (κ2) is 11.4. The van der Waals surface area contributed by atoms with Gasteiger partial charge in [0.25, 0.3) is 0 Å². The smallest absolute Gasteiger partial charge is 0.322 e. The quantitative estimate of drug-likeness (QED) is 0.364. The molecule has 0 saturated carbocycles. The van der Waals surface area contributed by atoms with Crippen LogP contribution in [0.5, 0.6) is 0 Å². The van der Waals surface area contributed by atoms with E-state index in [9.17, 15) is 14.0 Å². The molecule has 3 aromatic rings. The van der Waals surface area contributed by atoms with E-state index in [-0.39, 0.29) is 30.3 Å². The number of amides is 3. The Labute approximate surface area is 206 Å². The molecule has 174 valence electrons. The number of hydrogen-bond donors (Lipinski definition) is 1. The molecule has 33 heavy (non-hydrogen) atoms. The Morgan fingerprint density at radius 3 is 2.42 bits per heavy atom. The fourth-order valence-corrected chi connectivity index (χ4v) is 4.60. The second-order valence-corrected chi connectivity index (χ2v) is 9.98. The number of hydrogen-bond acceptors (Lipinski definition) is 3. The van der Waals surface area contributed by atoms with E-state index in [0.717, 1.165) is 20.5 Å². The lowest BCUT2D eigenvalue weighted by Crippen LogP contribution is -2.47. The van der Waals surface area contributed by atoms with Gasteiger partial charge in [0.1, 0.15) is 12.4 Å². The van der Waals surface area contributed by atoms with Crippen LogP contribution in [0.4, 0.5) is 14.9 Å². The maximum absolute atomic E-state index is 13.4. The van der Waals surface area contributed by atoms with Gasteiger partial charge in [-0.3, -0.25) is 4.79 Å². The molecule has 0 radical (unpaired) electrons. The zero-order chi connectivity index (χ0) is 24.0. The highest BCUT2D eigenvalue weighted by Crippen LogP contribution is 2.21. The van der Waals surface area contributed by atoms with E-state index in [1.165, 1.54) is 17.0 Å². The first-order valence-electron chi connectivity index (χ1n) is 10.6. The van der Waals surface area contributed by atoms with Crippen molar-refractivity contribution in [1.82, 2.24) is 9.80 Å². The average Bonchev–Trinajstić information content (AvgIpc) is 3.17. The van der Waals surface area contributed by atoms with E-state index in [1.807, 2.05) is 44.4 Å². The summed E-state index contributed by atoms with van der Waals surface area (Å²) >= 11 is 4.99. The largest absolute Gasteiger partial charge is 0.332 e. The minimum absolute atomic E-state index is 0.0663. The Bertz CT molecular complexity index is 1100. The fourth-order valence-electron chi connectivity index (χ4n) is 3.28. The summed E-state index contributed by atoms with van der Waals surface area (Å²) in [6.45, 7) is 6.46. The Morgan fingerprint density at radius 2 is 1.82 bits per heavy atom. The van der Waals surface area contributed by atoms with Crippen LogP contribution >= 0.6 is 27.3 Å². The molecule has 0 fully saturated rings. The monoisotopic (exact) mass is 531 g/mol. The van der Waals surface area contributed by atoms with E-state index < -0.39 is 0 Å². The first-order chi connectivity index (χ1) is 15.7. The Hall–Kier alpha value is -2.71. The average molecular weight is 532 g/mol. The molecule has 1 heterocycles. The van der Waals surface area contributed by atoms with Crippen LogP contribution < -0.4 is 5.32 Å². The van der Waals surface area contributed by atoms with Crippen molar-refractivity contribution in [2.75, 3.05) is 11.9 Å². The summed E-state index contributed by atoms with van der Waals surface area (Å²) in [5.41, 5.74) is 2.59.